The Balaban J connectivity index is 1.76. The van der Waals surface area contributed by atoms with Gasteiger partial charge in [-0.2, -0.15) is 5.10 Å². The first-order valence-electron chi connectivity index (χ1n) is 12.0. The Morgan fingerprint density at radius 3 is 1.84 bits per heavy atom. The molecule has 7 nitrogen and oxygen atoms in total. The first kappa shape index (κ1) is 26.5. The molecule has 0 spiro atoms. The van der Waals surface area contributed by atoms with Crippen LogP contribution in [0, 0.1) is 0 Å². The van der Waals surface area contributed by atoms with E-state index in [0.29, 0.717) is 35.2 Å². The van der Waals surface area contributed by atoms with Crippen LogP contribution in [0.25, 0.3) is 0 Å². The number of nitrogens with zero attached hydrogens (tertiary/aromatic N) is 1. The molecule has 9 heteroatoms. The summed E-state index contributed by atoms with van der Waals surface area (Å²) in [5.74, 6) is 0.0400. The molecule has 0 aromatic carbocycles. The van der Waals surface area contributed by atoms with Gasteiger partial charge in [0.15, 0.2) is 16.0 Å². The highest BCUT2D eigenvalue weighted by molar-refractivity contribution is 7.80. The Hall–Kier alpha value is -1.74. The number of allylic oxidation sites excluding steroid dienone is 2. The predicted molar refractivity (Wildman–Crippen MR) is 140 cm³/mol. The van der Waals surface area contributed by atoms with Gasteiger partial charge in [-0.05, 0) is 83.7 Å². The van der Waals surface area contributed by atoms with Gasteiger partial charge in [0.25, 0.3) is 0 Å². The van der Waals surface area contributed by atoms with E-state index in [1.54, 1.807) is 6.92 Å². The van der Waals surface area contributed by atoms with Crippen molar-refractivity contribution in [2.75, 3.05) is 0 Å². The average molecular weight is 481 g/mol. The molecule has 0 aromatic heterocycles. The fourth-order valence-electron chi connectivity index (χ4n) is 4.29. The van der Waals surface area contributed by atoms with Crippen molar-refractivity contribution in [2.24, 2.45) is 5.10 Å². The predicted octanol–water partition coefficient (Wildman–Crippen LogP) is 4.10. The summed E-state index contributed by atoms with van der Waals surface area (Å²) in [5, 5.41) is 12.2. The number of rotatable bonds is 9. The standard InChI is InChI=1S/C23H40N6OS2/c1-16(26-28-22(31)24-19-10-6-4-7-11-19)14-15-21(18(3)30)17(2)27-29-23(32)25-20-12-8-5-9-13-20/h19-20,27H,4-15H2,1-3H3,(H2,24,28,31)(H2,25,29,32). The summed E-state index contributed by atoms with van der Waals surface area (Å²) < 4.78 is 0. The molecule has 2 saturated carbocycles. The SMILES string of the molecule is CC(=O)C(CCC(C)=NNC(=S)NC1CCCCC1)=C(C)NNC(=S)NC1CCCCC1. The molecule has 0 amide bonds. The van der Waals surface area contributed by atoms with Crippen molar-refractivity contribution in [2.45, 2.75) is 110 Å². The van der Waals surface area contributed by atoms with E-state index in [-0.39, 0.29) is 5.78 Å². The van der Waals surface area contributed by atoms with E-state index in [2.05, 4.69) is 32.0 Å². The summed E-state index contributed by atoms with van der Waals surface area (Å²) in [6.07, 6.45) is 13.5. The van der Waals surface area contributed by atoms with Crippen molar-refractivity contribution in [1.82, 2.24) is 26.9 Å². The topological polar surface area (TPSA) is 89.6 Å². The number of nitrogens with one attached hydrogen (secondary N) is 5. The number of hydrogen-bond donors (Lipinski definition) is 5. The Morgan fingerprint density at radius 1 is 0.781 bits per heavy atom. The van der Waals surface area contributed by atoms with Crippen LogP contribution in [-0.2, 0) is 4.79 Å². The van der Waals surface area contributed by atoms with Crippen LogP contribution in [0.2, 0.25) is 0 Å². The van der Waals surface area contributed by atoms with Gasteiger partial charge in [-0.15, -0.1) is 0 Å². The molecular formula is C23H40N6OS2. The van der Waals surface area contributed by atoms with Crippen LogP contribution in [0.1, 0.15) is 97.8 Å². The Labute approximate surface area is 204 Å². The molecule has 0 aromatic rings. The van der Waals surface area contributed by atoms with E-state index < -0.39 is 0 Å². The van der Waals surface area contributed by atoms with Crippen LogP contribution < -0.4 is 26.9 Å². The van der Waals surface area contributed by atoms with Crippen molar-refractivity contribution in [3.05, 3.63) is 11.3 Å². The van der Waals surface area contributed by atoms with Gasteiger partial charge in [-0.1, -0.05) is 38.5 Å². The summed E-state index contributed by atoms with van der Waals surface area (Å²) in [4.78, 5) is 12.2. The Kier molecular flexibility index (Phi) is 11.9. The van der Waals surface area contributed by atoms with E-state index in [4.69, 9.17) is 24.4 Å². The first-order chi connectivity index (χ1) is 15.3. The van der Waals surface area contributed by atoms with Gasteiger partial charge in [0.1, 0.15) is 0 Å². The molecule has 180 valence electrons. The molecule has 0 aliphatic heterocycles. The third-order valence-electron chi connectivity index (χ3n) is 6.21. The molecular weight excluding hydrogens is 440 g/mol. The molecule has 0 radical (unpaired) electrons. The second-order valence-corrected chi connectivity index (χ2v) is 9.80. The number of hydrazine groups is 1. The molecule has 2 rings (SSSR count). The number of hydrazone groups is 1. The zero-order valence-electron chi connectivity index (χ0n) is 19.8. The van der Waals surface area contributed by atoms with Crippen molar-refractivity contribution in [3.63, 3.8) is 0 Å². The van der Waals surface area contributed by atoms with Gasteiger partial charge in [-0.25, -0.2) is 0 Å². The molecule has 0 heterocycles. The average Bonchev–Trinajstić information content (AvgIpc) is 2.77. The second-order valence-electron chi connectivity index (χ2n) is 8.99. The monoisotopic (exact) mass is 480 g/mol. The highest BCUT2D eigenvalue weighted by Crippen LogP contribution is 2.18. The minimum atomic E-state index is 0.0400. The van der Waals surface area contributed by atoms with Gasteiger partial charge in [0, 0.05) is 29.1 Å². The molecule has 2 aliphatic rings. The Morgan fingerprint density at radius 2 is 1.31 bits per heavy atom. The van der Waals surface area contributed by atoms with Crippen LogP contribution in [-0.4, -0.2) is 33.8 Å². The maximum atomic E-state index is 12.2. The Bertz CT molecular complexity index is 709. The minimum absolute atomic E-state index is 0.0400. The summed E-state index contributed by atoms with van der Waals surface area (Å²) in [6.45, 7) is 5.42. The molecule has 32 heavy (non-hydrogen) atoms. The molecule has 5 N–H and O–H groups in total. The lowest BCUT2D eigenvalue weighted by Gasteiger charge is -2.25. The lowest BCUT2D eigenvalue weighted by Crippen LogP contribution is -2.47. The van der Waals surface area contributed by atoms with E-state index >= 15 is 0 Å². The van der Waals surface area contributed by atoms with Gasteiger partial charge in [0.05, 0.1) is 0 Å². The third kappa shape index (κ3) is 10.3. The van der Waals surface area contributed by atoms with Crippen LogP contribution in [0.15, 0.2) is 16.4 Å². The third-order valence-corrected chi connectivity index (χ3v) is 6.64. The van der Waals surface area contributed by atoms with Crippen LogP contribution in [0.3, 0.4) is 0 Å². The quantitative estimate of drug-likeness (QED) is 0.146. The summed E-state index contributed by atoms with van der Waals surface area (Å²) in [6, 6.07) is 0.888. The fraction of sp³-hybridized carbons (Fsp3) is 0.739. The molecule has 2 aliphatic carbocycles. The largest absolute Gasteiger partial charge is 0.359 e. The summed E-state index contributed by atoms with van der Waals surface area (Å²) in [5.41, 5.74) is 11.5. The lowest BCUT2D eigenvalue weighted by molar-refractivity contribution is -0.113. The van der Waals surface area contributed by atoms with Crippen LogP contribution in [0.5, 0.6) is 0 Å². The summed E-state index contributed by atoms with van der Waals surface area (Å²) >= 11 is 10.8. The van der Waals surface area contributed by atoms with Crippen molar-refractivity contribution >= 4 is 46.2 Å². The summed E-state index contributed by atoms with van der Waals surface area (Å²) in [7, 11) is 0. The number of Topliss-reactive ketones (excluding diaryl/α,β-unsaturated/α-hetero) is 1. The van der Waals surface area contributed by atoms with Gasteiger partial charge < -0.3 is 16.1 Å². The normalized spacial score (nSPS) is 18.9. The van der Waals surface area contributed by atoms with E-state index in [1.165, 1.54) is 38.5 Å². The maximum absolute atomic E-state index is 12.2. The minimum Gasteiger partial charge on any atom is -0.359 e. The van der Waals surface area contributed by atoms with Crippen LogP contribution >= 0.6 is 24.4 Å². The second kappa shape index (κ2) is 14.4. The fourth-order valence-corrected chi connectivity index (χ4v) is 4.72. The van der Waals surface area contributed by atoms with E-state index in [0.717, 1.165) is 42.7 Å². The maximum Gasteiger partial charge on any atom is 0.187 e. The van der Waals surface area contributed by atoms with Crippen molar-refractivity contribution in [3.8, 4) is 0 Å². The number of thiocarbonyl (C=S) groups is 2. The number of hydrogen-bond acceptors (Lipinski definition) is 5. The smallest absolute Gasteiger partial charge is 0.187 e. The van der Waals surface area contributed by atoms with Crippen molar-refractivity contribution < 1.29 is 4.79 Å². The highest BCUT2D eigenvalue weighted by atomic mass is 32.1. The van der Waals surface area contributed by atoms with Crippen molar-refractivity contribution in [1.29, 1.82) is 0 Å². The molecule has 0 atom stereocenters. The molecule has 0 bridgehead atoms. The number of ketones is 1. The zero-order chi connectivity index (χ0) is 23.3. The van der Waals surface area contributed by atoms with Crippen LogP contribution in [0.4, 0.5) is 0 Å². The van der Waals surface area contributed by atoms with Gasteiger partial charge >= 0.3 is 0 Å². The van der Waals surface area contributed by atoms with Gasteiger partial charge in [0.2, 0.25) is 0 Å². The lowest BCUT2D eigenvalue weighted by atomic mass is 9.96. The number of carbonyl (C=O) groups is 1. The van der Waals surface area contributed by atoms with E-state index in [9.17, 15) is 4.79 Å². The number of carbonyl (C=O) groups excluding carboxylic acids is 1. The molecule has 2 fully saturated rings. The molecule has 0 saturated heterocycles. The zero-order valence-corrected chi connectivity index (χ0v) is 21.4. The van der Waals surface area contributed by atoms with Gasteiger partial charge in [-0.3, -0.25) is 15.6 Å². The van der Waals surface area contributed by atoms with E-state index in [1.807, 2.05) is 13.8 Å². The molecule has 0 unspecified atom stereocenters. The first-order valence-corrected chi connectivity index (χ1v) is 12.8. The highest BCUT2D eigenvalue weighted by Gasteiger charge is 2.15.